The summed E-state index contributed by atoms with van der Waals surface area (Å²) in [4.78, 5) is 41.4. The normalized spacial score (nSPS) is 20.8. The minimum absolute atomic E-state index is 0.131. The van der Waals surface area contributed by atoms with Gasteiger partial charge in [-0.1, -0.05) is 25.4 Å². The molecule has 10 nitrogen and oxygen atoms in total. The summed E-state index contributed by atoms with van der Waals surface area (Å²) in [5.41, 5.74) is 2.25. The Morgan fingerprint density at radius 3 is 2.61 bits per heavy atom. The molecule has 1 fully saturated rings. The van der Waals surface area contributed by atoms with Gasteiger partial charge in [-0.05, 0) is 45.2 Å². The molecule has 2 aromatic heterocycles. The van der Waals surface area contributed by atoms with E-state index in [4.69, 9.17) is 32.7 Å². The molecule has 5 heterocycles. The number of hydrogen-bond acceptors (Lipinski definition) is 7. The first-order chi connectivity index (χ1) is 17.8. The number of carbonyl (C=O) groups is 2. The van der Waals surface area contributed by atoms with Gasteiger partial charge in [0.15, 0.2) is 17.0 Å². The van der Waals surface area contributed by atoms with E-state index < -0.39 is 11.7 Å². The van der Waals surface area contributed by atoms with Crippen LogP contribution in [0.25, 0.3) is 0 Å². The molecule has 0 aliphatic carbocycles. The molecule has 2 aromatic rings. The highest BCUT2D eigenvalue weighted by atomic mass is 35.5. The highest BCUT2D eigenvalue weighted by Crippen LogP contribution is 2.47. The lowest BCUT2D eigenvalue weighted by Crippen LogP contribution is -2.58. The van der Waals surface area contributed by atoms with E-state index in [9.17, 15) is 9.59 Å². The second kappa shape index (κ2) is 9.41. The van der Waals surface area contributed by atoms with Crippen LogP contribution in [0.5, 0.6) is 5.75 Å². The minimum Gasteiger partial charge on any atom is -0.488 e. The Kier molecular flexibility index (Phi) is 6.62. The van der Waals surface area contributed by atoms with E-state index in [0.29, 0.717) is 24.5 Å². The van der Waals surface area contributed by atoms with E-state index in [1.165, 1.54) is 0 Å². The average Bonchev–Trinajstić information content (AvgIpc) is 2.99. The average molecular weight is 564 g/mol. The summed E-state index contributed by atoms with van der Waals surface area (Å²) in [6, 6.07) is -0.678. The third-order valence-electron chi connectivity index (χ3n) is 7.16. The Bertz CT molecular complexity index is 1330. The van der Waals surface area contributed by atoms with Gasteiger partial charge in [-0.15, -0.1) is 0 Å². The van der Waals surface area contributed by atoms with Gasteiger partial charge < -0.3 is 19.3 Å². The zero-order valence-electron chi connectivity index (χ0n) is 22.7. The Morgan fingerprint density at radius 2 is 1.95 bits per heavy atom. The molecule has 5 rings (SSSR count). The van der Waals surface area contributed by atoms with E-state index in [-0.39, 0.29) is 53.0 Å². The fraction of sp³-hybridized carbons (Fsp3) is 0.577. The van der Waals surface area contributed by atoms with Gasteiger partial charge in [-0.3, -0.25) is 4.79 Å². The summed E-state index contributed by atoms with van der Waals surface area (Å²) in [6.45, 7) is 12.7. The number of ether oxygens (including phenoxy) is 2. The molecule has 0 radical (unpaired) electrons. The maximum absolute atomic E-state index is 14.2. The van der Waals surface area contributed by atoms with Crippen molar-refractivity contribution in [2.75, 3.05) is 38.2 Å². The Morgan fingerprint density at radius 1 is 1.24 bits per heavy atom. The summed E-state index contributed by atoms with van der Waals surface area (Å²) in [5, 5.41) is 0.433. The SMILES string of the molecule is CC(C)c1ncnc2c1N(C)c1c3c(c(Cl)c(Cl)[n+]1C2C)OCC1CN(C(=O)OC(C)(C)C)CCN1C3=O. The number of pyridine rings is 1. The molecule has 0 saturated carbocycles. The summed E-state index contributed by atoms with van der Waals surface area (Å²) in [6.07, 6.45) is 1.15. The second-order valence-corrected chi connectivity index (χ2v) is 12.0. The van der Waals surface area contributed by atoms with Crippen molar-refractivity contribution in [1.82, 2.24) is 19.8 Å². The van der Waals surface area contributed by atoms with E-state index >= 15 is 0 Å². The quantitative estimate of drug-likeness (QED) is 0.376. The largest absolute Gasteiger partial charge is 0.488 e. The highest BCUT2D eigenvalue weighted by molar-refractivity contribution is 6.42. The number of anilines is 2. The lowest BCUT2D eigenvalue weighted by molar-refractivity contribution is -0.698. The molecule has 1 saturated heterocycles. The van der Waals surface area contributed by atoms with Crippen molar-refractivity contribution in [2.24, 2.45) is 0 Å². The lowest BCUT2D eigenvalue weighted by Gasteiger charge is -2.40. The summed E-state index contributed by atoms with van der Waals surface area (Å²) >= 11 is 13.6. The Balaban J connectivity index is 1.59. The number of amides is 2. The van der Waals surface area contributed by atoms with E-state index in [0.717, 1.165) is 17.1 Å². The van der Waals surface area contributed by atoms with Crippen molar-refractivity contribution in [2.45, 2.75) is 65.1 Å². The predicted octanol–water partition coefficient (Wildman–Crippen LogP) is 4.34. The molecule has 3 aliphatic heterocycles. The monoisotopic (exact) mass is 563 g/mol. The zero-order valence-corrected chi connectivity index (χ0v) is 24.2. The van der Waals surface area contributed by atoms with Crippen molar-refractivity contribution in [3.05, 3.63) is 33.5 Å². The van der Waals surface area contributed by atoms with Crippen molar-refractivity contribution in [3.8, 4) is 5.75 Å². The smallest absolute Gasteiger partial charge is 0.410 e. The van der Waals surface area contributed by atoms with Crippen LogP contribution in [0.2, 0.25) is 10.2 Å². The van der Waals surface area contributed by atoms with Gasteiger partial charge >= 0.3 is 6.09 Å². The van der Waals surface area contributed by atoms with Crippen LogP contribution in [0, 0.1) is 0 Å². The molecule has 0 aromatic carbocycles. The number of halogens is 2. The number of aromatic nitrogens is 3. The van der Waals surface area contributed by atoms with Gasteiger partial charge in [0.1, 0.15) is 35.3 Å². The van der Waals surface area contributed by atoms with Crippen LogP contribution in [-0.2, 0) is 4.74 Å². The second-order valence-electron chi connectivity index (χ2n) is 11.3. The standard InChI is InChI=1S/C26H33Cl2N6O4/c1-13(2)18-20-19(30-12-29-18)14(3)34-22(28)17(27)21-16(23(34)31(20)7)24(35)33-9-8-32(10-15(33)11-37-21)25(36)38-26(4,5)6/h12-15H,8-11H2,1-7H3/q+1. The summed E-state index contributed by atoms with van der Waals surface area (Å²) in [5.74, 6) is 0.730. The molecular weight excluding hydrogens is 531 g/mol. The number of hydrogen-bond donors (Lipinski definition) is 0. The topological polar surface area (TPSA) is 92.0 Å². The molecule has 0 N–H and O–H groups in total. The van der Waals surface area contributed by atoms with Crippen molar-refractivity contribution in [3.63, 3.8) is 0 Å². The predicted molar refractivity (Wildman–Crippen MR) is 143 cm³/mol. The van der Waals surface area contributed by atoms with E-state index in [2.05, 4.69) is 23.8 Å². The molecule has 2 amide bonds. The van der Waals surface area contributed by atoms with Crippen LogP contribution < -0.4 is 14.2 Å². The maximum Gasteiger partial charge on any atom is 0.410 e. The first kappa shape index (κ1) is 26.7. The van der Waals surface area contributed by atoms with E-state index in [1.807, 2.05) is 44.2 Å². The fourth-order valence-corrected chi connectivity index (χ4v) is 5.98. The minimum atomic E-state index is -0.614. The molecule has 0 spiro atoms. The van der Waals surface area contributed by atoms with Gasteiger partial charge in [-0.25, -0.2) is 24.2 Å². The molecule has 3 aliphatic rings. The number of nitrogens with zero attached hydrogens (tertiary/aromatic N) is 6. The molecule has 12 heteroatoms. The number of piperazine rings is 1. The van der Waals surface area contributed by atoms with Crippen LogP contribution in [0.3, 0.4) is 0 Å². The summed E-state index contributed by atoms with van der Waals surface area (Å²) in [7, 11) is 1.88. The van der Waals surface area contributed by atoms with Gasteiger partial charge in [0.25, 0.3) is 11.7 Å². The first-order valence-corrected chi connectivity index (χ1v) is 13.5. The van der Waals surface area contributed by atoms with E-state index in [1.54, 1.807) is 16.1 Å². The molecule has 0 bridgehead atoms. The lowest BCUT2D eigenvalue weighted by atomic mass is 9.99. The highest BCUT2D eigenvalue weighted by Gasteiger charge is 2.48. The number of carbonyl (C=O) groups excluding carboxylic acids is 2. The van der Waals surface area contributed by atoms with Crippen LogP contribution in [0.4, 0.5) is 16.3 Å². The van der Waals surface area contributed by atoms with Crippen LogP contribution in [0.1, 0.15) is 75.2 Å². The van der Waals surface area contributed by atoms with Crippen molar-refractivity contribution in [1.29, 1.82) is 0 Å². The van der Waals surface area contributed by atoms with Gasteiger partial charge in [0.2, 0.25) is 5.15 Å². The van der Waals surface area contributed by atoms with Gasteiger partial charge in [0, 0.05) is 19.6 Å². The first-order valence-electron chi connectivity index (χ1n) is 12.8. The molecule has 2 atom stereocenters. The molecule has 38 heavy (non-hydrogen) atoms. The third kappa shape index (κ3) is 4.22. The van der Waals surface area contributed by atoms with Gasteiger partial charge in [0.05, 0.1) is 18.8 Å². The fourth-order valence-electron chi connectivity index (χ4n) is 5.42. The van der Waals surface area contributed by atoms with Crippen LogP contribution in [0.15, 0.2) is 6.33 Å². The van der Waals surface area contributed by atoms with Crippen LogP contribution >= 0.6 is 23.2 Å². The number of rotatable bonds is 1. The maximum atomic E-state index is 14.2. The van der Waals surface area contributed by atoms with Crippen LogP contribution in [-0.4, -0.2) is 76.7 Å². The third-order valence-corrected chi connectivity index (χ3v) is 7.98. The van der Waals surface area contributed by atoms with Crippen molar-refractivity contribution < 1.29 is 23.6 Å². The molecular formula is C26H33Cl2N6O4+. The number of fused-ring (bicyclic) bond motifs is 5. The Labute approximate surface area is 232 Å². The summed E-state index contributed by atoms with van der Waals surface area (Å²) < 4.78 is 13.6. The van der Waals surface area contributed by atoms with Crippen molar-refractivity contribution >= 4 is 46.7 Å². The Hall–Kier alpha value is -2.85. The molecule has 2 unspecified atom stereocenters. The zero-order chi connectivity index (χ0) is 27.7. The van der Waals surface area contributed by atoms with Gasteiger partial charge in [-0.2, -0.15) is 0 Å². The molecule has 204 valence electrons.